The monoisotopic (exact) mass is 1860 g/mol. The van der Waals surface area contributed by atoms with Gasteiger partial charge in [-0.2, -0.15) is 0 Å². The van der Waals surface area contributed by atoms with E-state index in [9.17, 15) is 0 Å². The molecule has 0 aliphatic carbocycles. The first-order chi connectivity index (χ1) is 72.9. The molecule has 22 aromatic carbocycles. The van der Waals surface area contributed by atoms with Crippen molar-refractivity contribution in [2.24, 2.45) is 0 Å². The molecular formula is C137H86B2N8. The molecule has 0 saturated heterocycles. The van der Waals surface area contributed by atoms with Gasteiger partial charge in [0.15, 0.2) is 0 Å². The first kappa shape index (κ1) is 82.4. The Morgan fingerprint density at radius 1 is 0.143 bits per heavy atom. The van der Waals surface area contributed by atoms with Crippen LogP contribution in [0.15, 0.2) is 522 Å². The smallest absolute Gasteiger partial charge is 0.246 e. The van der Waals surface area contributed by atoms with Gasteiger partial charge in [-0.1, -0.05) is 368 Å². The maximum Gasteiger partial charge on any atom is 0.246 e. The second-order valence-corrected chi connectivity index (χ2v) is 39.5. The predicted octanol–water partition coefficient (Wildman–Crippen LogP) is 30.8. The highest BCUT2D eigenvalue weighted by Gasteiger charge is 2.38. The quantitative estimate of drug-likeness (QED) is 0.102. The van der Waals surface area contributed by atoms with E-state index >= 15 is 0 Å². The number of para-hydroxylation sites is 10. The van der Waals surface area contributed by atoms with Crippen molar-refractivity contribution in [3.8, 4) is 101 Å². The first-order valence-electron chi connectivity index (χ1n) is 50.9. The molecule has 9 heterocycles. The normalized spacial score (nSPS) is 12.4. The fourth-order valence-corrected chi connectivity index (χ4v) is 25.3. The number of benzene rings is 22. The van der Waals surface area contributed by atoms with Crippen LogP contribution in [0.5, 0.6) is 0 Å². The molecule has 0 atom stereocenters. The van der Waals surface area contributed by atoms with Gasteiger partial charge in [-0.15, -0.1) is 0 Å². The molecule has 0 radical (unpaired) electrons. The number of hydrogen-bond acceptors (Lipinski definition) is 2. The molecule has 8 nitrogen and oxygen atoms in total. The average Bonchev–Trinajstić information content (AvgIpc) is 1.37. The molecule has 29 aromatic rings. The zero-order valence-electron chi connectivity index (χ0n) is 79.9. The average molecular weight is 1870 g/mol. The lowest BCUT2D eigenvalue weighted by molar-refractivity contribution is 1.16. The Hall–Kier alpha value is -19.3. The Kier molecular flexibility index (Phi) is 18.3. The van der Waals surface area contributed by atoms with Crippen LogP contribution < -0.4 is 37.7 Å². The van der Waals surface area contributed by atoms with Gasteiger partial charge in [0, 0.05) is 138 Å². The van der Waals surface area contributed by atoms with Gasteiger partial charge in [0.1, 0.15) is 0 Å². The van der Waals surface area contributed by atoms with Gasteiger partial charge >= 0.3 is 0 Å². The number of hydrogen-bond donors (Lipinski definition) is 0. The molecule has 31 rings (SSSR count). The van der Waals surface area contributed by atoms with E-state index in [1.165, 1.54) is 137 Å². The van der Waals surface area contributed by atoms with Crippen LogP contribution in [0, 0.1) is 0 Å². The maximum atomic E-state index is 6.29. The van der Waals surface area contributed by atoms with E-state index in [4.69, 9.17) is 4.98 Å². The number of fused-ring (bicyclic) bond motifs is 23. The zero-order chi connectivity index (χ0) is 96.2. The maximum absolute atomic E-state index is 6.29. The molecule has 0 amide bonds. The van der Waals surface area contributed by atoms with E-state index in [0.29, 0.717) is 0 Å². The van der Waals surface area contributed by atoms with Crippen molar-refractivity contribution in [3.05, 3.63) is 522 Å². The molecule has 0 spiro atoms. The minimum Gasteiger partial charge on any atom is -0.312 e. The molecule has 680 valence electrons. The highest BCUT2D eigenvalue weighted by Crippen LogP contribution is 2.48. The molecule has 0 bridgehead atoms. The molecule has 2 aliphatic heterocycles. The third-order valence-corrected chi connectivity index (χ3v) is 31.8. The van der Waals surface area contributed by atoms with Crippen molar-refractivity contribution in [2.45, 2.75) is 0 Å². The largest absolute Gasteiger partial charge is 0.312 e. The van der Waals surface area contributed by atoms with Crippen LogP contribution in [-0.2, 0) is 0 Å². The first-order valence-corrected chi connectivity index (χ1v) is 50.9. The van der Waals surface area contributed by atoms with Gasteiger partial charge in [-0.3, -0.25) is 0 Å². The second-order valence-electron chi connectivity index (χ2n) is 39.5. The van der Waals surface area contributed by atoms with E-state index in [2.05, 4.69) is 554 Å². The molecular weight excluding hydrogens is 1780 g/mol. The summed E-state index contributed by atoms with van der Waals surface area (Å²) >= 11 is 0. The van der Waals surface area contributed by atoms with E-state index in [1.54, 1.807) is 0 Å². The highest BCUT2D eigenvalue weighted by atomic mass is 15.2. The Bertz CT molecular complexity index is 9920. The van der Waals surface area contributed by atoms with Crippen LogP contribution >= 0.6 is 0 Å². The summed E-state index contributed by atoms with van der Waals surface area (Å²) in [7, 11) is 0. The van der Waals surface area contributed by atoms with Gasteiger partial charge in [0.2, 0.25) is 13.4 Å². The van der Waals surface area contributed by atoms with Gasteiger partial charge < -0.3 is 32.3 Å². The van der Waals surface area contributed by atoms with Gasteiger partial charge in [-0.25, -0.2) is 4.98 Å². The van der Waals surface area contributed by atoms with Crippen molar-refractivity contribution in [2.75, 3.05) is 4.90 Å². The van der Waals surface area contributed by atoms with E-state index in [0.717, 1.165) is 145 Å². The summed E-state index contributed by atoms with van der Waals surface area (Å²) < 4.78 is 14.7. The van der Waals surface area contributed by atoms with Gasteiger partial charge in [0.25, 0.3) is 0 Å². The van der Waals surface area contributed by atoms with Crippen LogP contribution in [-0.4, -0.2) is 45.8 Å². The Morgan fingerprint density at radius 2 is 0.408 bits per heavy atom. The van der Waals surface area contributed by atoms with Crippen molar-refractivity contribution in [3.63, 3.8) is 0 Å². The minimum atomic E-state index is 0.0238. The van der Waals surface area contributed by atoms with E-state index in [1.807, 2.05) is 0 Å². The molecule has 0 saturated carbocycles. The molecule has 0 N–H and O–H groups in total. The number of nitrogens with zero attached hydrogens (tertiary/aromatic N) is 8. The Labute approximate surface area is 848 Å². The molecule has 147 heavy (non-hydrogen) atoms. The lowest BCUT2D eigenvalue weighted by Crippen LogP contribution is -2.57. The van der Waals surface area contributed by atoms with Gasteiger partial charge in [0.05, 0.1) is 77.6 Å². The van der Waals surface area contributed by atoms with Crippen LogP contribution in [0.1, 0.15) is 0 Å². The third-order valence-electron chi connectivity index (χ3n) is 31.8. The lowest BCUT2D eigenvalue weighted by atomic mass is 9.35. The number of pyridine rings is 1. The number of aromatic nitrogens is 7. The van der Waals surface area contributed by atoms with E-state index < -0.39 is 0 Å². The SMILES string of the molecule is c1ccc(B2c3ccccc3N(c3ccccc3)c3cc(-c4ccc(-c5cc(-c6ccc(-n7c8ccc(-n9c%10ccccc%10c%10ccccc%109)cc8c8cc(-n9c%10ccccc%10c%10ccccc%109)ccc87)cc6)c(-c6ccc(B7c8ccccc8-c8ccccc87)cc6)nc5-c5ccc(-n6c7ccc(-n8c9ccccc9c9ccccc98)cc7c7cc(-n8c9ccccc9c9ccccc98)ccc76)cc5)cc4)ccc32)cc1. The molecule has 7 aromatic heterocycles. The summed E-state index contributed by atoms with van der Waals surface area (Å²) in [4.78, 5) is 8.75. The Morgan fingerprint density at radius 3 is 0.796 bits per heavy atom. The van der Waals surface area contributed by atoms with Crippen LogP contribution in [0.25, 0.3) is 232 Å². The van der Waals surface area contributed by atoms with E-state index in [-0.39, 0.29) is 13.4 Å². The van der Waals surface area contributed by atoms with Crippen LogP contribution in [0.3, 0.4) is 0 Å². The summed E-state index contributed by atoms with van der Waals surface area (Å²) in [6.45, 7) is 0.0775. The molecule has 0 fully saturated rings. The standard InChI is InChI=1S/C137H86B2N8/c1-3-29-93(30-4-1)139-120-45-19-28-54-134(120)143(95-31-5-2-6-32-95)135-81-92(65-76-121(135)139)87-55-57-88(58-56-87)112-86-113(89-61-68-96(69-62-89)141-130-77-72-98(144-122-46-20-9-35-104(122)105-36-10-21-47-123(105)144)82-114(130)115-83-99(73-78-131(115)141)145-124-48-22-11-37-106(124)107-38-12-23-49-125(107)145)136(90-59-66-94(67-60-90)138-118-43-17-7-33-102(118)103-34-8-18-44-119(103)138)140-137(112)91-63-70-97(71-64-91)142-132-79-74-100(146-126-50-24-13-39-108(126)109-40-14-25-51-127(109)146)84-116(132)117-85-101(75-80-133(117)142)147-128-52-26-15-41-110(128)111-42-16-27-53-129(111)147/h1-86H. The third kappa shape index (κ3) is 12.7. The zero-order valence-corrected chi connectivity index (χ0v) is 79.9. The summed E-state index contributed by atoms with van der Waals surface area (Å²) in [5, 5.41) is 14.4. The summed E-state index contributed by atoms with van der Waals surface area (Å²) in [6.07, 6.45) is 0. The van der Waals surface area contributed by atoms with Crippen molar-refractivity contribution in [1.82, 2.24) is 32.4 Å². The summed E-state index contributed by atoms with van der Waals surface area (Å²) in [5.74, 6) is 0. The Balaban J connectivity index is 0.607. The topological polar surface area (TPSA) is 45.7 Å². The lowest BCUT2D eigenvalue weighted by Gasteiger charge is -2.37. The number of rotatable bonds is 14. The second kappa shape index (κ2) is 32.6. The summed E-state index contributed by atoms with van der Waals surface area (Å²) in [6, 6.07) is 195. The minimum absolute atomic E-state index is 0.0238. The fourth-order valence-electron chi connectivity index (χ4n) is 25.3. The highest BCUT2D eigenvalue weighted by molar-refractivity contribution is 6.99. The molecule has 2 aliphatic rings. The predicted molar refractivity (Wildman–Crippen MR) is 620 cm³/mol. The van der Waals surface area contributed by atoms with Crippen molar-refractivity contribution >= 4 is 194 Å². The number of anilines is 3. The fraction of sp³-hybridized carbons (Fsp3) is 0. The molecule has 10 heteroatoms. The van der Waals surface area contributed by atoms with Crippen LogP contribution in [0.4, 0.5) is 17.1 Å². The van der Waals surface area contributed by atoms with Gasteiger partial charge in [-0.05, 0) is 220 Å². The van der Waals surface area contributed by atoms with Crippen molar-refractivity contribution < 1.29 is 0 Å². The summed E-state index contributed by atoms with van der Waals surface area (Å²) in [5.41, 5.74) is 44.0. The van der Waals surface area contributed by atoms with Crippen molar-refractivity contribution in [1.29, 1.82) is 0 Å². The van der Waals surface area contributed by atoms with Crippen LogP contribution in [0.2, 0.25) is 0 Å². The molecule has 0 unspecified atom stereocenters.